The van der Waals surface area contributed by atoms with Crippen LogP contribution < -0.4 is 25.2 Å². The zero-order valence-corrected chi connectivity index (χ0v) is 27.9. The van der Waals surface area contributed by atoms with E-state index >= 15 is 0 Å². The summed E-state index contributed by atoms with van der Waals surface area (Å²) in [6.45, 7) is 12.8. The third-order valence-corrected chi connectivity index (χ3v) is 10.8. The third-order valence-electron chi connectivity index (χ3n) is 10.8. The Bertz CT molecular complexity index is 1450. The fourth-order valence-electron chi connectivity index (χ4n) is 7.99. The number of ether oxygens (including phenoxy) is 1. The Morgan fingerprint density at radius 3 is 2.52 bits per heavy atom. The quantitative estimate of drug-likeness (QED) is 0.422. The second-order valence-corrected chi connectivity index (χ2v) is 14.2. The minimum absolute atomic E-state index is 0.0126. The van der Waals surface area contributed by atoms with Gasteiger partial charge in [-0.2, -0.15) is 4.98 Å². The summed E-state index contributed by atoms with van der Waals surface area (Å²) in [6.07, 6.45) is 10.3. The van der Waals surface area contributed by atoms with E-state index in [-0.39, 0.29) is 29.9 Å². The van der Waals surface area contributed by atoms with Gasteiger partial charge in [0.05, 0.1) is 18.5 Å². The van der Waals surface area contributed by atoms with Gasteiger partial charge in [-0.05, 0) is 76.8 Å². The maximum atomic E-state index is 13.6. The molecule has 1 saturated heterocycles. The molecule has 11 heteroatoms. The van der Waals surface area contributed by atoms with Crippen molar-refractivity contribution in [2.75, 3.05) is 61.5 Å². The number of benzene rings is 1. The Morgan fingerprint density at radius 2 is 1.83 bits per heavy atom. The van der Waals surface area contributed by atoms with E-state index in [1.807, 2.05) is 19.1 Å². The lowest BCUT2D eigenvalue weighted by molar-refractivity contribution is -0.120. The summed E-state index contributed by atoms with van der Waals surface area (Å²) in [6, 6.07) is 4.47. The molecule has 3 aliphatic heterocycles. The lowest BCUT2D eigenvalue weighted by Gasteiger charge is -2.42. The van der Waals surface area contributed by atoms with Crippen LogP contribution in [0.25, 0.3) is 0 Å². The van der Waals surface area contributed by atoms with Crippen LogP contribution >= 0.6 is 0 Å². The number of anilines is 4. The highest BCUT2D eigenvalue weighted by Crippen LogP contribution is 2.40. The Morgan fingerprint density at radius 1 is 1.07 bits per heavy atom. The van der Waals surface area contributed by atoms with Crippen LogP contribution in [0.1, 0.15) is 81.6 Å². The maximum absolute atomic E-state index is 13.6. The van der Waals surface area contributed by atoms with Crippen LogP contribution in [0.3, 0.4) is 0 Å². The van der Waals surface area contributed by atoms with Gasteiger partial charge in [0.25, 0.3) is 5.91 Å². The van der Waals surface area contributed by atoms with Gasteiger partial charge in [-0.1, -0.05) is 6.92 Å². The number of amides is 2. The fourth-order valence-corrected chi connectivity index (χ4v) is 7.99. The Hall–Kier alpha value is -3.44. The van der Waals surface area contributed by atoms with Gasteiger partial charge in [-0.3, -0.25) is 14.5 Å². The largest absolute Gasteiger partial charge is 0.491 e. The summed E-state index contributed by atoms with van der Waals surface area (Å²) >= 11 is 0. The number of likely N-dealkylation sites (N-methyl/N-ethyl adjacent to an activating group) is 1. The molecule has 1 atom stereocenters. The minimum atomic E-state index is -0.270. The van der Waals surface area contributed by atoms with Gasteiger partial charge in [0.2, 0.25) is 11.9 Å². The lowest BCUT2D eigenvalue weighted by atomic mass is 9.89. The molecule has 2 amide bonds. The van der Waals surface area contributed by atoms with Crippen LogP contribution in [0.5, 0.6) is 5.75 Å². The molecular weight excluding hydrogens is 580 g/mol. The van der Waals surface area contributed by atoms with Crippen molar-refractivity contribution >= 4 is 35.0 Å². The topological polar surface area (TPSA) is 106 Å². The lowest BCUT2D eigenvalue weighted by Crippen LogP contribution is -2.54. The Labute approximate surface area is 273 Å². The van der Waals surface area contributed by atoms with E-state index in [9.17, 15) is 9.59 Å². The van der Waals surface area contributed by atoms with Crippen molar-refractivity contribution in [1.29, 1.82) is 0 Å². The fraction of sp³-hybridized carbons (Fsp3) is 0.657. The molecule has 2 saturated carbocycles. The van der Waals surface area contributed by atoms with E-state index in [2.05, 4.69) is 44.2 Å². The number of hydrogen-bond acceptors (Lipinski definition) is 9. The summed E-state index contributed by atoms with van der Waals surface area (Å²) < 4.78 is 6.06. The molecular formula is C35H50N8O3. The number of carbonyl (C=O) groups is 2. The molecule has 248 valence electrons. The summed E-state index contributed by atoms with van der Waals surface area (Å²) in [5.74, 6) is 2.87. The number of rotatable bonds is 9. The predicted octanol–water partition coefficient (Wildman–Crippen LogP) is 4.19. The van der Waals surface area contributed by atoms with Crippen LogP contribution in [-0.4, -0.2) is 102 Å². The molecule has 5 aliphatic rings. The number of fused-ring (bicyclic) bond motifs is 2. The van der Waals surface area contributed by atoms with Crippen molar-refractivity contribution in [2.45, 2.75) is 96.3 Å². The molecule has 2 N–H and O–H groups in total. The monoisotopic (exact) mass is 630 g/mol. The average molecular weight is 631 g/mol. The van der Waals surface area contributed by atoms with E-state index in [4.69, 9.17) is 9.72 Å². The van der Waals surface area contributed by atoms with Crippen molar-refractivity contribution in [1.82, 2.24) is 25.1 Å². The zero-order chi connectivity index (χ0) is 31.9. The summed E-state index contributed by atoms with van der Waals surface area (Å²) in [5, 5.41) is 6.71. The first-order valence-corrected chi connectivity index (χ1v) is 17.6. The summed E-state index contributed by atoms with van der Waals surface area (Å²) in [7, 11) is 1.78. The highest BCUT2D eigenvalue weighted by molar-refractivity contribution is 6.04. The van der Waals surface area contributed by atoms with Crippen LogP contribution in [0.4, 0.5) is 23.1 Å². The van der Waals surface area contributed by atoms with E-state index < -0.39 is 0 Å². The first-order chi connectivity index (χ1) is 22.3. The van der Waals surface area contributed by atoms with Gasteiger partial charge in [0.15, 0.2) is 5.82 Å². The smallest absolute Gasteiger partial charge is 0.251 e. The molecule has 0 unspecified atom stereocenters. The first kappa shape index (κ1) is 31.2. The van der Waals surface area contributed by atoms with Crippen molar-refractivity contribution in [3.8, 4) is 5.75 Å². The van der Waals surface area contributed by atoms with Crippen LogP contribution in [0, 0.1) is 5.92 Å². The molecule has 1 aromatic carbocycles. The van der Waals surface area contributed by atoms with E-state index in [1.165, 1.54) is 45.6 Å². The molecule has 0 radical (unpaired) electrons. The van der Waals surface area contributed by atoms with E-state index in [1.54, 1.807) is 18.1 Å². The van der Waals surface area contributed by atoms with Gasteiger partial charge in [0.1, 0.15) is 17.5 Å². The molecule has 7 rings (SSSR count). The van der Waals surface area contributed by atoms with Crippen LogP contribution in [-0.2, 0) is 11.2 Å². The highest BCUT2D eigenvalue weighted by atomic mass is 16.5. The van der Waals surface area contributed by atoms with Crippen molar-refractivity contribution in [2.24, 2.45) is 5.92 Å². The minimum Gasteiger partial charge on any atom is -0.491 e. The number of piperazine rings is 1. The van der Waals surface area contributed by atoms with Crippen molar-refractivity contribution < 1.29 is 14.3 Å². The normalized spacial score (nSPS) is 25.3. The third kappa shape index (κ3) is 6.15. The molecule has 0 spiro atoms. The number of nitrogens with zero attached hydrogens (tertiary/aromatic N) is 6. The van der Waals surface area contributed by atoms with Crippen LogP contribution in [0.15, 0.2) is 18.3 Å². The van der Waals surface area contributed by atoms with Crippen molar-refractivity contribution in [3.63, 3.8) is 0 Å². The zero-order valence-electron chi connectivity index (χ0n) is 27.9. The number of nitrogens with one attached hydrogen (secondary N) is 2. The SMILES string of the molecule is CC[C@@H]1C(=O)N(C)c2cnc(Nc3ccc(C(=O)NC4CCC(N5CCN(CC6CC6)CC5)CC4)c4c3OCC4)nc2N1C(C)C. The van der Waals surface area contributed by atoms with Gasteiger partial charge in [-0.15, -0.1) is 0 Å². The molecule has 1 aromatic heterocycles. The predicted molar refractivity (Wildman–Crippen MR) is 180 cm³/mol. The highest BCUT2D eigenvalue weighted by Gasteiger charge is 2.38. The van der Waals surface area contributed by atoms with Gasteiger partial charge >= 0.3 is 0 Å². The molecule has 4 heterocycles. The van der Waals surface area contributed by atoms with E-state index in [0.29, 0.717) is 48.4 Å². The number of hydrogen-bond donors (Lipinski definition) is 2. The van der Waals surface area contributed by atoms with Crippen molar-refractivity contribution in [3.05, 3.63) is 29.5 Å². The maximum Gasteiger partial charge on any atom is 0.251 e. The van der Waals surface area contributed by atoms with Crippen LogP contribution in [0.2, 0.25) is 0 Å². The van der Waals surface area contributed by atoms with E-state index in [0.717, 1.165) is 48.7 Å². The Kier molecular flexibility index (Phi) is 8.80. The molecule has 46 heavy (non-hydrogen) atoms. The summed E-state index contributed by atoms with van der Waals surface area (Å²) in [4.78, 5) is 45.1. The van der Waals surface area contributed by atoms with Gasteiger partial charge in [0, 0.05) is 75.4 Å². The van der Waals surface area contributed by atoms with Gasteiger partial charge in [-0.25, -0.2) is 4.98 Å². The molecule has 0 bridgehead atoms. The number of aromatic nitrogens is 2. The molecule has 11 nitrogen and oxygen atoms in total. The molecule has 3 fully saturated rings. The standard InChI is InChI=1S/C35H50N8O3/c1-5-29-34(45)40(4)30-20-36-35(39-32(30)43(29)22(2)3)38-28-13-12-27(26-14-19-46-31(26)28)33(44)37-24-8-10-25(11-9-24)42-17-15-41(16-18-42)21-23-6-7-23/h12-13,20,22-25,29H,5-11,14-19,21H2,1-4H3,(H,37,44)(H,36,38,39)/t24?,25?,29-/m1/s1. The second-order valence-electron chi connectivity index (χ2n) is 14.2. The average Bonchev–Trinajstić information content (AvgIpc) is 3.73. The van der Waals surface area contributed by atoms with Gasteiger partial charge < -0.3 is 30.1 Å². The molecule has 2 aromatic rings. The first-order valence-electron chi connectivity index (χ1n) is 17.6. The molecule has 2 aliphatic carbocycles. The number of carbonyl (C=O) groups excluding carboxylic acids is 2. The summed E-state index contributed by atoms with van der Waals surface area (Å²) in [5.41, 5.74) is 3.06. The Balaban J connectivity index is 0.991. The second kappa shape index (κ2) is 13.0.